The minimum Gasteiger partial charge on any atom is -0.496 e. The van der Waals surface area contributed by atoms with Gasteiger partial charge in [-0.3, -0.25) is 9.89 Å². The summed E-state index contributed by atoms with van der Waals surface area (Å²) in [5, 5.41) is 7.22. The standard InChI is InChI=1S/C23H24FN3O2/c1-29-22-8-3-2-7-19(22)20-14-21(26-25-20)23(28)27-13-5-4-6-17(15-27)16-9-11-18(24)12-10-16/h2-3,7-12,14,17H,4-6,13,15H2,1H3,(H,25,26). The van der Waals surface area contributed by atoms with E-state index in [4.69, 9.17) is 4.74 Å². The molecule has 5 nitrogen and oxygen atoms in total. The van der Waals surface area contributed by atoms with Gasteiger partial charge in [-0.2, -0.15) is 5.10 Å². The van der Waals surface area contributed by atoms with Gasteiger partial charge in [0.1, 0.15) is 17.3 Å². The average Bonchev–Trinajstić information content (AvgIpc) is 3.12. The van der Waals surface area contributed by atoms with Gasteiger partial charge >= 0.3 is 0 Å². The van der Waals surface area contributed by atoms with E-state index in [1.54, 1.807) is 13.2 Å². The van der Waals surface area contributed by atoms with Crippen LogP contribution in [-0.2, 0) is 0 Å². The van der Waals surface area contributed by atoms with Crippen LogP contribution in [0.2, 0.25) is 0 Å². The number of likely N-dealkylation sites (tertiary alicyclic amines) is 1. The molecule has 2 heterocycles. The zero-order valence-corrected chi connectivity index (χ0v) is 16.4. The fourth-order valence-electron chi connectivity index (χ4n) is 3.93. The van der Waals surface area contributed by atoms with Crippen LogP contribution in [-0.4, -0.2) is 41.2 Å². The number of aromatic nitrogens is 2. The first-order valence-corrected chi connectivity index (χ1v) is 9.89. The number of methoxy groups -OCH3 is 1. The third kappa shape index (κ3) is 4.16. The molecule has 0 radical (unpaired) electrons. The predicted octanol–water partition coefficient (Wildman–Crippen LogP) is 4.63. The number of benzene rings is 2. The van der Waals surface area contributed by atoms with Gasteiger partial charge in [0.15, 0.2) is 0 Å². The molecule has 1 aliphatic rings. The van der Waals surface area contributed by atoms with Crippen LogP contribution < -0.4 is 4.74 Å². The van der Waals surface area contributed by atoms with E-state index >= 15 is 0 Å². The van der Waals surface area contributed by atoms with E-state index in [2.05, 4.69) is 10.2 Å². The van der Waals surface area contributed by atoms with Crippen molar-refractivity contribution in [3.8, 4) is 17.0 Å². The lowest BCUT2D eigenvalue weighted by molar-refractivity contribution is 0.0748. The van der Waals surface area contributed by atoms with Gasteiger partial charge in [0.05, 0.1) is 12.8 Å². The number of carbonyl (C=O) groups excluding carboxylic acids is 1. The lowest BCUT2D eigenvalue weighted by Gasteiger charge is -2.24. The SMILES string of the molecule is COc1ccccc1-c1cc(C(=O)N2CCCCC(c3ccc(F)cc3)C2)[nH]n1. The number of hydrogen-bond acceptors (Lipinski definition) is 3. The minimum absolute atomic E-state index is 0.0624. The Bertz CT molecular complexity index is 984. The predicted molar refractivity (Wildman–Crippen MR) is 109 cm³/mol. The molecule has 1 atom stereocenters. The zero-order valence-electron chi connectivity index (χ0n) is 16.4. The van der Waals surface area contributed by atoms with E-state index in [9.17, 15) is 9.18 Å². The van der Waals surface area contributed by atoms with Crippen molar-refractivity contribution >= 4 is 5.91 Å². The summed E-state index contributed by atoms with van der Waals surface area (Å²) in [7, 11) is 1.62. The van der Waals surface area contributed by atoms with Gasteiger partial charge in [-0.25, -0.2) is 4.39 Å². The minimum atomic E-state index is -0.239. The molecule has 1 fully saturated rings. The Morgan fingerprint density at radius 2 is 1.97 bits per heavy atom. The summed E-state index contributed by atoms with van der Waals surface area (Å²) in [6.07, 6.45) is 2.99. The third-order valence-corrected chi connectivity index (χ3v) is 5.49. The molecule has 1 aliphatic heterocycles. The highest BCUT2D eigenvalue weighted by molar-refractivity contribution is 5.93. The molecular weight excluding hydrogens is 369 g/mol. The van der Waals surface area contributed by atoms with Crippen LogP contribution in [0.3, 0.4) is 0 Å². The van der Waals surface area contributed by atoms with Gasteiger partial charge in [-0.05, 0) is 48.7 Å². The summed E-state index contributed by atoms with van der Waals surface area (Å²) in [5.41, 5.74) is 3.05. The first-order valence-electron chi connectivity index (χ1n) is 9.89. The van der Waals surface area contributed by atoms with E-state index in [0.717, 1.165) is 30.4 Å². The van der Waals surface area contributed by atoms with Crippen molar-refractivity contribution < 1.29 is 13.9 Å². The first-order chi connectivity index (χ1) is 14.2. The maximum Gasteiger partial charge on any atom is 0.271 e. The van der Waals surface area contributed by atoms with Gasteiger partial charge < -0.3 is 9.64 Å². The number of halogens is 1. The maximum atomic E-state index is 13.3. The summed E-state index contributed by atoms with van der Waals surface area (Å²) in [6, 6.07) is 16.0. The van der Waals surface area contributed by atoms with Gasteiger partial charge in [0.2, 0.25) is 0 Å². The van der Waals surface area contributed by atoms with Gasteiger partial charge in [-0.1, -0.05) is 30.7 Å². The third-order valence-electron chi connectivity index (χ3n) is 5.49. The Morgan fingerprint density at radius 3 is 2.76 bits per heavy atom. The summed E-state index contributed by atoms with van der Waals surface area (Å²) in [6.45, 7) is 1.33. The summed E-state index contributed by atoms with van der Waals surface area (Å²) < 4.78 is 18.7. The normalized spacial score (nSPS) is 17.0. The fourth-order valence-corrected chi connectivity index (χ4v) is 3.93. The molecule has 29 heavy (non-hydrogen) atoms. The van der Waals surface area contributed by atoms with Crippen molar-refractivity contribution in [1.82, 2.24) is 15.1 Å². The highest BCUT2D eigenvalue weighted by atomic mass is 19.1. The Balaban J connectivity index is 1.54. The molecule has 0 aliphatic carbocycles. The number of ether oxygens (including phenoxy) is 1. The summed E-state index contributed by atoms with van der Waals surface area (Å²) >= 11 is 0. The highest BCUT2D eigenvalue weighted by Gasteiger charge is 2.25. The van der Waals surface area contributed by atoms with Crippen molar-refractivity contribution in [2.75, 3.05) is 20.2 Å². The smallest absolute Gasteiger partial charge is 0.271 e. The Morgan fingerprint density at radius 1 is 1.17 bits per heavy atom. The quantitative estimate of drug-likeness (QED) is 0.703. The monoisotopic (exact) mass is 393 g/mol. The van der Waals surface area contributed by atoms with Crippen LogP contribution in [0.4, 0.5) is 4.39 Å². The van der Waals surface area contributed by atoms with Gasteiger partial charge in [-0.15, -0.1) is 0 Å². The van der Waals surface area contributed by atoms with E-state index < -0.39 is 0 Å². The van der Waals surface area contributed by atoms with E-state index in [1.807, 2.05) is 41.3 Å². The van der Waals surface area contributed by atoms with E-state index in [0.29, 0.717) is 30.2 Å². The first kappa shape index (κ1) is 19.2. The largest absolute Gasteiger partial charge is 0.496 e. The molecule has 6 heteroatoms. The second-order valence-corrected chi connectivity index (χ2v) is 7.36. The van der Waals surface area contributed by atoms with Crippen LogP contribution in [0.25, 0.3) is 11.3 Å². The topological polar surface area (TPSA) is 58.2 Å². The average molecular weight is 393 g/mol. The van der Waals surface area contributed by atoms with Crippen LogP contribution in [0, 0.1) is 5.82 Å². The van der Waals surface area contributed by atoms with Gasteiger partial charge in [0.25, 0.3) is 5.91 Å². The summed E-state index contributed by atoms with van der Waals surface area (Å²) in [5.74, 6) is 0.618. The molecule has 4 rings (SSSR count). The second-order valence-electron chi connectivity index (χ2n) is 7.36. The molecule has 1 unspecified atom stereocenters. The lowest BCUT2D eigenvalue weighted by Crippen LogP contribution is -2.34. The molecule has 1 saturated heterocycles. The molecule has 0 spiro atoms. The Labute approximate surface area is 169 Å². The Kier molecular flexibility index (Phi) is 5.60. The number of nitrogens with one attached hydrogen (secondary N) is 1. The number of aromatic amines is 1. The Hall–Kier alpha value is -3.15. The molecule has 1 N–H and O–H groups in total. The van der Waals surface area contributed by atoms with Crippen molar-refractivity contribution in [3.05, 3.63) is 71.7 Å². The zero-order chi connectivity index (χ0) is 20.2. The summed E-state index contributed by atoms with van der Waals surface area (Å²) in [4.78, 5) is 15.0. The highest BCUT2D eigenvalue weighted by Crippen LogP contribution is 2.30. The van der Waals surface area contributed by atoms with Gasteiger partial charge in [0, 0.05) is 24.6 Å². The number of hydrogen-bond donors (Lipinski definition) is 1. The number of amides is 1. The van der Waals surface area contributed by atoms with Crippen LogP contribution in [0.15, 0.2) is 54.6 Å². The molecule has 3 aromatic rings. The van der Waals surface area contributed by atoms with Crippen molar-refractivity contribution in [1.29, 1.82) is 0 Å². The van der Waals surface area contributed by atoms with Crippen molar-refractivity contribution in [2.45, 2.75) is 25.2 Å². The number of H-pyrrole nitrogens is 1. The molecule has 2 aromatic carbocycles. The van der Waals surface area contributed by atoms with Crippen LogP contribution in [0.5, 0.6) is 5.75 Å². The van der Waals surface area contributed by atoms with Crippen LogP contribution in [0.1, 0.15) is 41.2 Å². The van der Waals surface area contributed by atoms with Crippen LogP contribution >= 0.6 is 0 Å². The molecule has 150 valence electrons. The molecule has 0 saturated carbocycles. The second kappa shape index (κ2) is 8.47. The maximum absolute atomic E-state index is 13.3. The molecule has 1 amide bonds. The number of para-hydroxylation sites is 1. The molecule has 1 aromatic heterocycles. The molecular formula is C23H24FN3O2. The number of nitrogens with zero attached hydrogens (tertiary/aromatic N) is 2. The number of carbonyl (C=O) groups is 1. The van der Waals surface area contributed by atoms with E-state index in [-0.39, 0.29) is 17.6 Å². The molecule has 0 bridgehead atoms. The fraction of sp³-hybridized carbons (Fsp3) is 0.304. The van der Waals surface area contributed by atoms with Crippen molar-refractivity contribution in [3.63, 3.8) is 0 Å². The lowest BCUT2D eigenvalue weighted by atomic mass is 9.94. The number of rotatable bonds is 4. The van der Waals surface area contributed by atoms with Crippen molar-refractivity contribution in [2.24, 2.45) is 0 Å². The van der Waals surface area contributed by atoms with E-state index in [1.165, 1.54) is 12.1 Å².